The van der Waals surface area contributed by atoms with Crippen molar-refractivity contribution in [2.75, 3.05) is 11.1 Å². The lowest BCUT2D eigenvalue weighted by Gasteiger charge is -2.10. The minimum Gasteiger partial charge on any atom is -0.484 e. The van der Waals surface area contributed by atoms with Crippen LogP contribution in [0.5, 0.6) is 5.75 Å². The number of ketones is 1. The van der Waals surface area contributed by atoms with Crippen molar-refractivity contribution in [2.24, 2.45) is 0 Å². The Hall–Kier alpha value is -2.55. The number of Topliss-reactive ketones (excluding diaryl/α,β-unsaturated/α-hetero) is 1. The molecule has 2 aromatic carbocycles. The molecular formula is C21H20Cl2N4O3S. The molecule has 0 aliphatic carbocycles. The van der Waals surface area contributed by atoms with Crippen molar-refractivity contribution in [3.05, 3.63) is 63.9 Å². The first-order valence-corrected chi connectivity index (χ1v) is 11.1. The van der Waals surface area contributed by atoms with Crippen molar-refractivity contribution in [1.82, 2.24) is 14.8 Å². The minimum absolute atomic E-state index is 0.0591. The second kappa shape index (κ2) is 10.7. The van der Waals surface area contributed by atoms with Crippen LogP contribution in [-0.4, -0.2) is 32.2 Å². The topological polar surface area (TPSA) is 86.1 Å². The van der Waals surface area contributed by atoms with Crippen LogP contribution in [0.25, 0.3) is 0 Å². The van der Waals surface area contributed by atoms with Crippen LogP contribution in [0.3, 0.4) is 0 Å². The SMILES string of the molecule is CCn1c(COc2ccc(Cl)cc2Cl)nnc1SCC(=O)Nc1cccc(C(C)=O)c1. The summed E-state index contributed by atoms with van der Waals surface area (Å²) in [6, 6.07) is 11.8. The van der Waals surface area contributed by atoms with Gasteiger partial charge in [0.1, 0.15) is 12.4 Å². The number of benzene rings is 2. The van der Waals surface area contributed by atoms with Gasteiger partial charge in [0.25, 0.3) is 0 Å². The summed E-state index contributed by atoms with van der Waals surface area (Å²) in [5.41, 5.74) is 1.12. The molecule has 0 atom stereocenters. The van der Waals surface area contributed by atoms with Crippen molar-refractivity contribution < 1.29 is 14.3 Å². The van der Waals surface area contributed by atoms with E-state index in [2.05, 4.69) is 15.5 Å². The fraction of sp³-hybridized carbons (Fsp3) is 0.238. The average molecular weight is 479 g/mol. The molecule has 3 rings (SSSR count). The second-order valence-corrected chi connectivity index (χ2v) is 8.27. The molecular weight excluding hydrogens is 459 g/mol. The average Bonchev–Trinajstić information content (AvgIpc) is 3.13. The van der Waals surface area contributed by atoms with Crippen molar-refractivity contribution >= 4 is 52.3 Å². The number of thioether (sulfide) groups is 1. The number of anilines is 1. The van der Waals surface area contributed by atoms with E-state index in [9.17, 15) is 9.59 Å². The van der Waals surface area contributed by atoms with Crippen molar-refractivity contribution in [1.29, 1.82) is 0 Å². The number of aromatic nitrogens is 3. The first-order valence-electron chi connectivity index (χ1n) is 9.41. The summed E-state index contributed by atoms with van der Waals surface area (Å²) in [5, 5.41) is 12.7. The lowest BCUT2D eigenvalue weighted by molar-refractivity contribution is -0.113. The van der Waals surface area contributed by atoms with Gasteiger partial charge in [-0.05, 0) is 44.2 Å². The highest BCUT2D eigenvalue weighted by Gasteiger charge is 2.15. The number of hydrogen-bond acceptors (Lipinski definition) is 6. The lowest BCUT2D eigenvalue weighted by Crippen LogP contribution is -2.15. The smallest absolute Gasteiger partial charge is 0.234 e. The number of rotatable bonds is 9. The van der Waals surface area contributed by atoms with Crippen LogP contribution < -0.4 is 10.1 Å². The first kappa shape index (κ1) is 23.1. The van der Waals surface area contributed by atoms with E-state index in [0.29, 0.717) is 44.6 Å². The zero-order chi connectivity index (χ0) is 22.4. The Morgan fingerprint density at radius 3 is 2.68 bits per heavy atom. The van der Waals surface area contributed by atoms with Gasteiger partial charge in [0.15, 0.2) is 16.8 Å². The maximum Gasteiger partial charge on any atom is 0.234 e. The Kier molecular flexibility index (Phi) is 7.95. The third-order valence-corrected chi connectivity index (χ3v) is 5.74. The predicted molar refractivity (Wildman–Crippen MR) is 122 cm³/mol. The highest BCUT2D eigenvalue weighted by Crippen LogP contribution is 2.28. The maximum atomic E-state index is 12.3. The van der Waals surface area contributed by atoms with Crippen LogP contribution >= 0.6 is 35.0 Å². The molecule has 31 heavy (non-hydrogen) atoms. The summed E-state index contributed by atoms with van der Waals surface area (Å²) in [4.78, 5) is 23.8. The summed E-state index contributed by atoms with van der Waals surface area (Å²) >= 11 is 13.3. The zero-order valence-electron chi connectivity index (χ0n) is 16.9. The van der Waals surface area contributed by atoms with Crippen molar-refractivity contribution in [3.8, 4) is 5.75 Å². The molecule has 1 amide bonds. The molecule has 1 N–H and O–H groups in total. The predicted octanol–water partition coefficient (Wildman–Crippen LogP) is 5.12. The highest BCUT2D eigenvalue weighted by molar-refractivity contribution is 7.99. The largest absolute Gasteiger partial charge is 0.484 e. The monoisotopic (exact) mass is 478 g/mol. The number of carbonyl (C=O) groups excluding carboxylic acids is 2. The molecule has 0 bridgehead atoms. The molecule has 3 aromatic rings. The van der Waals surface area contributed by atoms with Crippen molar-refractivity contribution in [3.63, 3.8) is 0 Å². The molecule has 0 saturated carbocycles. The van der Waals surface area contributed by atoms with Gasteiger partial charge in [-0.1, -0.05) is 47.1 Å². The van der Waals surface area contributed by atoms with E-state index in [1.54, 1.807) is 42.5 Å². The Morgan fingerprint density at radius 1 is 1.16 bits per heavy atom. The van der Waals surface area contributed by atoms with Gasteiger partial charge in [0.05, 0.1) is 10.8 Å². The number of nitrogens with zero attached hydrogens (tertiary/aromatic N) is 3. The summed E-state index contributed by atoms with van der Waals surface area (Å²) in [6.07, 6.45) is 0. The lowest BCUT2D eigenvalue weighted by atomic mass is 10.1. The van der Waals surface area contributed by atoms with Crippen LogP contribution in [-0.2, 0) is 17.9 Å². The number of amides is 1. The Balaban J connectivity index is 1.59. The van der Waals surface area contributed by atoms with Gasteiger partial charge in [-0.15, -0.1) is 10.2 Å². The van der Waals surface area contributed by atoms with Crippen LogP contribution in [0.2, 0.25) is 10.0 Å². The van der Waals surface area contributed by atoms with Crippen LogP contribution in [0, 0.1) is 0 Å². The molecule has 0 unspecified atom stereocenters. The number of carbonyl (C=O) groups is 2. The van der Waals surface area contributed by atoms with E-state index in [-0.39, 0.29) is 24.1 Å². The third kappa shape index (κ3) is 6.22. The Bertz CT molecular complexity index is 1100. The van der Waals surface area contributed by atoms with E-state index in [1.807, 2.05) is 11.5 Å². The highest BCUT2D eigenvalue weighted by atomic mass is 35.5. The molecule has 1 heterocycles. The van der Waals surface area contributed by atoms with Gasteiger partial charge in [-0.25, -0.2) is 0 Å². The second-order valence-electron chi connectivity index (χ2n) is 6.48. The van der Waals surface area contributed by atoms with Crippen LogP contribution in [0.4, 0.5) is 5.69 Å². The molecule has 0 aliphatic heterocycles. The van der Waals surface area contributed by atoms with E-state index in [4.69, 9.17) is 27.9 Å². The first-order chi connectivity index (χ1) is 14.9. The zero-order valence-corrected chi connectivity index (χ0v) is 19.2. The minimum atomic E-state index is -0.206. The molecule has 7 nitrogen and oxygen atoms in total. The molecule has 0 fully saturated rings. The standard InChI is InChI=1S/C21H20Cl2N4O3S/c1-3-27-19(11-30-18-8-7-15(22)10-17(18)23)25-26-21(27)31-12-20(29)24-16-6-4-5-14(9-16)13(2)28/h4-10H,3,11-12H2,1-2H3,(H,24,29). The Labute approximate surface area is 194 Å². The van der Waals surface area contributed by atoms with E-state index < -0.39 is 0 Å². The fourth-order valence-electron chi connectivity index (χ4n) is 2.73. The van der Waals surface area contributed by atoms with Gasteiger partial charge in [-0.2, -0.15) is 0 Å². The van der Waals surface area contributed by atoms with Crippen LogP contribution in [0.1, 0.15) is 30.0 Å². The van der Waals surface area contributed by atoms with Gasteiger partial charge < -0.3 is 14.6 Å². The molecule has 10 heteroatoms. The Morgan fingerprint density at radius 2 is 1.97 bits per heavy atom. The summed E-state index contributed by atoms with van der Waals surface area (Å²) in [6.45, 7) is 4.23. The van der Waals surface area contributed by atoms with Crippen molar-refractivity contribution in [2.45, 2.75) is 32.2 Å². The summed E-state index contributed by atoms with van der Waals surface area (Å²) in [5.74, 6) is 0.994. The fourth-order valence-corrected chi connectivity index (χ4v) is 4.01. The van der Waals surface area contributed by atoms with E-state index in [0.717, 1.165) is 0 Å². The van der Waals surface area contributed by atoms with Crippen LogP contribution in [0.15, 0.2) is 47.6 Å². The number of halogens is 2. The van der Waals surface area contributed by atoms with Gasteiger partial charge in [-0.3, -0.25) is 9.59 Å². The van der Waals surface area contributed by atoms with Gasteiger partial charge in [0, 0.05) is 22.8 Å². The summed E-state index contributed by atoms with van der Waals surface area (Å²) in [7, 11) is 0. The van der Waals surface area contributed by atoms with Gasteiger partial charge >= 0.3 is 0 Å². The number of ether oxygens (including phenoxy) is 1. The number of hydrogen-bond donors (Lipinski definition) is 1. The maximum absolute atomic E-state index is 12.3. The molecule has 1 aromatic heterocycles. The molecule has 0 radical (unpaired) electrons. The molecule has 162 valence electrons. The summed E-state index contributed by atoms with van der Waals surface area (Å²) < 4.78 is 7.61. The molecule has 0 saturated heterocycles. The normalized spacial score (nSPS) is 10.7. The van der Waals surface area contributed by atoms with E-state index >= 15 is 0 Å². The quantitative estimate of drug-likeness (QED) is 0.339. The molecule has 0 spiro atoms. The third-order valence-electron chi connectivity index (χ3n) is 4.25. The van der Waals surface area contributed by atoms with E-state index in [1.165, 1.54) is 18.7 Å². The number of nitrogens with one attached hydrogen (secondary N) is 1. The van der Waals surface area contributed by atoms with Gasteiger partial charge in [0.2, 0.25) is 5.91 Å². The molecule has 0 aliphatic rings.